The van der Waals surface area contributed by atoms with Gasteiger partial charge in [0, 0.05) is 42.7 Å². The molecule has 4 rings (SSSR count). The lowest BCUT2D eigenvalue weighted by molar-refractivity contribution is 0.0930. The minimum atomic E-state index is -0.0860. The van der Waals surface area contributed by atoms with Gasteiger partial charge in [-0.2, -0.15) is 11.8 Å². The Morgan fingerprint density at radius 1 is 1.13 bits per heavy atom. The van der Waals surface area contributed by atoms with Gasteiger partial charge in [-0.15, -0.1) is 5.10 Å². The number of rotatable bonds is 6. The molecule has 1 unspecified atom stereocenters. The second-order valence-electron chi connectivity index (χ2n) is 7.68. The molecule has 3 aromatic rings. The van der Waals surface area contributed by atoms with Gasteiger partial charge in [0.05, 0.1) is 5.69 Å². The standard InChI is InChI=1S/C22H26N6OS/c1-16-3-5-18(6-4-16)19-11-20(13-21(12-19)28-15-23-25-26-28)22(29)24-17(2)14-27-7-9-30-10-8-27/h3-6,11-13,15,17H,7-10,14H2,1-2H3,(H,24,29). The molecule has 8 heteroatoms. The first-order chi connectivity index (χ1) is 14.6. The highest BCUT2D eigenvalue weighted by Gasteiger charge is 2.17. The molecular formula is C22H26N6OS. The zero-order valence-corrected chi connectivity index (χ0v) is 18.1. The highest BCUT2D eigenvalue weighted by molar-refractivity contribution is 7.99. The van der Waals surface area contributed by atoms with E-state index in [9.17, 15) is 4.79 Å². The Morgan fingerprint density at radius 3 is 2.60 bits per heavy atom. The van der Waals surface area contributed by atoms with E-state index in [-0.39, 0.29) is 11.9 Å². The molecule has 2 heterocycles. The average molecular weight is 423 g/mol. The van der Waals surface area contributed by atoms with Crippen LogP contribution in [0.5, 0.6) is 0 Å². The maximum absolute atomic E-state index is 13.1. The molecule has 7 nitrogen and oxygen atoms in total. The van der Waals surface area contributed by atoms with Crippen molar-refractivity contribution in [1.82, 2.24) is 30.4 Å². The van der Waals surface area contributed by atoms with Gasteiger partial charge in [0.2, 0.25) is 0 Å². The number of carbonyl (C=O) groups is 1. The zero-order valence-electron chi connectivity index (χ0n) is 17.3. The summed E-state index contributed by atoms with van der Waals surface area (Å²) in [5.74, 6) is 2.24. The van der Waals surface area contributed by atoms with Crippen LogP contribution in [0, 0.1) is 6.92 Å². The molecule has 1 N–H and O–H groups in total. The molecule has 1 aromatic heterocycles. The van der Waals surface area contributed by atoms with E-state index in [1.807, 2.05) is 30.0 Å². The van der Waals surface area contributed by atoms with Crippen LogP contribution in [0.3, 0.4) is 0 Å². The van der Waals surface area contributed by atoms with E-state index in [0.29, 0.717) is 5.56 Å². The van der Waals surface area contributed by atoms with E-state index in [4.69, 9.17) is 0 Å². The van der Waals surface area contributed by atoms with Crippen LogP contribution in [0.25, 0.3) is 16.8 Å². The molecule has 0 bridgehead atoms. The summed E-state index contributed by atoms with van der Waals surface area (Å²) in [7, 11) is 0. The molecule has 1 amide bonds. The molecular weight excluding hydrogens is 396 g/mol. The number of hydrogen-bond acceptors (Lipinski definition) is 6. The maximum Gasteiger partial charge on any atom is 0.251 e. The van der Waals surface area contributed by atoms with Crippen LogP contribution in [0.1, 0.15) is 22.8 Å². The van der Waals surface area contributed by atoms with Crippen molar-refractivity contribution in [3.05, 3.63) is 59.9 Å². The lowest BCUT2D eigenvalue weighted by atomic mass is 10.0. The highest BCUT2D eigenvalue weighted by atomic mass is 32.2. The summed E-state index contributed by atoms with van der Waals surface area (Å²) >= 11 is 1.99. The Bertz CT molecular complexity index is 983. The number of hydrogen-bond donors (Lipinski definition) is 1. The summed E-state index contributed by atoms with van der Waals surface area (Å²) in [5.41, 5.74) is 4.54. The summed E-state index contributed by atoms with van der Waals surface area (Å²) < 4.78 is 1.57. The van der Waals surface area contributed by atoms with Crippen molar-refractivity contribution in [2.45, 2.75) is 19.9 Å². The first-order valence-electron chi connectivity index (χ1n) is 10.1. The highest BCUT2D eigenvalue weighted by Crippen LogP contribution is 2.24. The Morgan fingerprint density at radius 2 is 1.90 bits per heavy atom. The lowest BCUT2D eigenvalue weighted by Crippen LogP contribution is -2.44. The molecule has 0 radical (unpaired) electrons. The van der Waals surface area contributed by atoms with Crippen LogP contribution < -0.4 is 5.32 Å². The van der Waals surface area contributed by atoms with Crippen LogP contribution in [0.4, 0.5) is 0 Å². The van der Waals surface area contributed by atoms with Gasteiger partial charge < -0.3 is 5.32 Å². The summed E-state index contributed by atoms with van der Waals surface area (Å²) in [5, 5.41) is 14.6. The molecule has 0 aliphatic carbocycles. The van der Waals surface area contributed by atoms with Gasteiger partial charge in [0.1, 0.15) is 6.33 Å². The fraction of sp³-hybridized carbons (Fsp3) is 0.364. The van der Waals surface area contributed by atoms with Gasteiger partial charge >= 0.3 is 0 Å². The number of thioether (sulfide) groups is 1. The van der Waals surface area contributed by atoms with Crippen molar-refractivity contribution < 1.29 is 4.79 Å². The minimum Gasteiger partial charge on any atom is -0.348 e. The van der Waals surface area contributed by atoms with Gasteiger partial charge in [-0.3, -0.25) is 9.69 Å². The molecule has 2 aromatic carbocycles. The zero-order chi connectivity index (χ0) is 20.9. The fourth-order valence-electron chi connectivity index (χ4n) is 3.59. The second-order valence-corrected chi connectivity index (χ2v) is 8.90. The topological polar surface area (TPSA) is 75.9 Å². The minimum absolute atomic E-state index is 0.0696. The van der Waals surface area contributed by atoms with Gasteiger partial charge in [-0.1, -0.05) is 29.8 Å². The number of amides is 1. The molecule has 30 heavy (non-hydrogen) atoms. The number of carbonyl (C=O) groups excluding carboxylic acids is 1. The van der Waals surface area contributed by atoms with Crippen LogP contribution in [0.2, 0.25) is 0 Å². The van der Waals surface area contributed by atoms with E-state index in [1.165, 1.54) is 11.9 Å². The van der Waals surface area contributed by atoms with E-state index in [0.717, 1.165) is 48.0 Å². The molecule has 1 aliphatic rings. The summed E-state index contributed by atoms with van der Waals surface area (Å²) in [6.07, 6.45) is 1.53. The third kappa shape index (κ3) is 5.06. The normalized spacial score (nSPS) is 15.7. The lowest BCUT2D eigenvalue weighted by Gasteiger charge is -2.29. The molecule has 1 aliphatic heterocycles. The van der Waals surface area contributed by atoms with Gasteiger partial charge in [0.15, 0.2) is 0 Å². The predicted octanol–water partition coefficient (Wildman–Crippen LogP) is 2.80. The Labute approximate surface area is 180 Å². The number of aromatic nitrogens is 4. The van der Waals surface area contributed by atoms with E-state index in [2.05, 4.69) is 63.9 Å². The summed E-state index contributed by atoms with van der Waals surface area (Å²) in [4.78, 5) is 15.5. The smallest absolute Gasteiger partial charge is 0.251 e. The Hall–Kier alpha value is -2.71. The largest absolute Gasteiger partial charge is 0.348 e. The van der Waals surface area contributed by atoms with Crippen molar-refractivity contribution in [2.75, 3.05) is 31.1 Å². The van der Waals surface area contributed by atoms with Crippen LogP contribution in [-0.4, -0.2) is 68.2 Å². The number of nitrogens with one attached hydrogen (secondary N) is 1. The predicted molar refractivity (Wildman–Crippen MR) is 120 cm³/mol. The maximum atomic E-state index is 13.1. The first-order valence-corrected chi connectivity index (χ1v) is 11.3. The number of tetrazole rings is 1. The van der Waals surface area contributed by atoms with Gasteiger partial charge in [-0.05, 0) is 53.6 Å². The molecule has 1 fully saturated rings. The van der Waals surface area contributed by atoms with Crippen molar-refractivity contribution >= 4 is 17.7 Å². The quantitative estimate of drug-likeness (QED) is 0.658. The third-order valence-electron chi connectivity index (χ3n) is 5.19. The molecule has 0 spiro atoms. The second kappa shape index (κ2) is 9.40. The van der Waals surface area contributed by atoms with E-state index >= 15 is 0 Å². The van der Waals surface area contributed by atoms with Crippen LogP contribution in [-0.2, 0) is 0 Å². The van der Waals surface area contributed by atoms with Crippen molar-refractivity contribution in [1.29, 1.82) is 0 Å². The fourth-order valence-corrected chi connectivity index (χ4v) is 4.57. The van der Waals surface area contributed by atoms with E-state index in [1.54, 1.807) is 4.68 Å². The van der Waals surface area contributed by atoms with Gasteiger partial charge in [-0.25, -0.2) is 4.68 Å². The van der Waals surface area contributed by atoms with Crippen molar-refractivity contribution in [3.8, 4) is 16.8 Å². The number of benzene rings is 2. The molecule has 1 saturated heterocycles. The van der Waals surface area contributed by atoms with Crippen LogP contribution in [0.15, 0.2) is 48.8 Å². The SMILES string of the molecule is Cc1ccc(-c2cc(C(=O)NC(C)CN3CCSCC3)cc(-n3cnnn3)c2)cc1. The summed E-state index contributed by atoms with van der Waals surface area (Å²) in [6, 6.07) is 14.1. The van der Waals surface area contributed by atoms with Crippen molar-refractivity contribution in [3.63, 3.8) is 0 Å². The Kier molecular flexibility index (Phi) is 6.44. The Balaban J connectivity index is 1.57. The van der Waals surface area contributed by atoms with E-state index < -0.39 is 0 Å². The first kappa shape index (κ1) is 20.6. The molecule has 1 atom stereocenters. The average Bonchev–Trinajstić information content (AvgIpc) is 3.29. The molecule has 156 valence electrons. The van der Waals surface area contributed by atoms with Crippen molar-refractivity contribution in [2.24, 2.45) is 0 Å². The summed E-state index contributed by atoms with van der Waals surface area (Å²) in [6.45, 7) is 7.15. The molecule has 0 saturated carbocycles. The number of nitrogens with zero attached hydrogens (tertiary/aromatic N) is 5. The number of aryl methyl sites for hydroxylation is 1. The van der Waals surface area contributed by atoms with Crippen LogP contribution >= 0.6 is 11.8 Å². The monoisotopic (exact) mass is 422 g/mol. The van der Waals surface area contributed by atoms with Gasteiger partial charge in [0.25, 0.3) is 5.91 Å². The third-order valence-corrected chi connectivity index (χ3v) is 6.13.